The van der Waals surface area contributed by atoms with Crippen molar-refractivity contribution in [3.05, 3.63) is 47.8 Å². The van der Waals surface area contributed by atoms with Crippen LogP contribution in [0.2, 0.25) is 0 Å². The number of carbonyl (C=O) groups excluding carboxylic acids is 1. The highest BCUT2D eigenvalue weighted by Crippen LogP contribution is 2.18. The first-order chi connectivity index (χ1) is 7.84. The van der Waals surface area contributed by atoms with E-state index in [2.05, 4.69) is 4.89 Å². The molecule has 0 aliphatic carbocycles. The molecule has 0 bridgehead atoms. The summed E-state index contributed by atoms with van der Waals surface area (Å²) < 4.78 is 4.83. The molecule has 0 saturated carbocycles. The van der Waals surface area contributed by atoms with Crippen LogP contribution in [0.5, 0.6) is 10.8 Å². The van der Waals surface area contributed by atoms with Crippen LogP contribution in [-0.2, 0) is 4.89 Å². The zero-order chi connectivity index (χ0) is 11.2. The number of hydrogen-bond acceptors (Lipinski definition) is 5. The summed E-state index contributed by atoms with van der Waals surface area (Å²) in [5.74, 6) is 0.405. The summed E-state index contributed by atoms with van der Waals surface area (Å²) in [5.41, 5.74) is 0. The molecule has 0 unspecified atom stereocenters. The SMILES string of the molecule is O=C(OOc1cccs1)Oc1ccccc1. The van der Waals surface area contributed by atoms with E-state index in [9.17, 15) is 4.79 Å². The molecule has 1 aromatic carbocycles. The highest BCUT2D eigenvalue weighted by molar-refractivity contribution is 7.11. The Hall–Kier alpha value is -2.01. The Balaban J connectivity index is 1.81. The topological polar surface area (TPSA) is 44.8 Å². The van der Waals surface area contributed by atoms with Crippen molar-refractivity contribution in [1.29, 1.82) is 0 Å². The van der Waals surface area contributed by atoms with Crippen molar-refractivity contribution in [3.63, 3.8) is 0 Å². The van der Waals surface area contributed by atoms with Crippen molar-refractivity contribution >= 4 is 17.5 Å². The Labute approximate surface area is 95.9 Å². The molecule has 0 radical (unpaired) electrons. The van der Waals surface area contributed by atoms with Gasteiger partial charge >= 0.3 is 6.16 Å². The maximum Gasteiger partial charge on any atom is 0.555 e. The molecule has 0 amide bonds. The van der Waals surface area contributed by atoms with E-state index in [0.29, 0.717) is 10.8 Å². The standard InChI is InChI=1S/C11H8O4S/c12-11(13-9-5-2-1-3-6-9)15-14-10-7-4-8-16-10/h1-8H. The maximum atomic E-state index is 11.1. The highest BCUT2D eigenvalue weighted by Gasteiger charge is 2.08. The summed E-state index contributed by atoms with van der Waals surface area (Å²) in [4.78, 5) is 20.3. The van der Waals surface area contributed by atoms with Gasteiger partial charge in [-0.05, 0) is 29.6 Å². The molecule has 16 heavy (non-hydrogen) atoms. The fraction of sp³-hybridized carbons (Fsp3) is 0. The quantitative estimate of drug-likeness (QED) is 0.355. The summed E-state index contributed by atoms with van der Waals surface area (Å²) >= 11 is 1.32. The minimum Gasteiger partial charge on any atom is -0.393 e. The molecule has 2 rings (SSSR count). The van der Waals surface area contributed by atoms with Gasteiger partial charge in [0.05, 0.1) is 0 Å². The fourth-order valence-electron chi connectivity index (χ4n) is 0.988. The second-order valence-corrected chi connectivity index (χ2v) is 3.67. The van der Waals surface area contributed by atoms with Crippen LogP contribution in [0, 0.1) is 0 Å². The lowest BCUT2D eigenvalue weighted by molar-refractivity contribution is -0.154. The van der Waals surface area contributed by atoms with Gasteiger partial charge in [-0.25, -0.2) is 4.89 Å². The molecule has 0 N–H and O–H groups in total. The Morgan fingerprint density at radius 1 is 1.06 bits per heavy atom. The predicted octanol–water partition coefficient (Wildman–Crippen LogP) is 3.26. The van der Waals surface area contributed by atoms with Crippen LogP contribution in [0.1, 0.15) is 0 Å². The third-order valence-electron chi connectivity index (χ3n) is 1.63. The Morgan fingerprint density at radius 3 is 2.56 bits per heavy atom. The molecule has 0 fully saturated rings. The Kier molecular flexibility index (Phi) is 3.40. The zero-order valence-electron chi connectivity index (χ0n) is 8.16. The van der Waals surface area contributed by atoms with E-state index in [1.54, 1.807) is 41.8 Å². The Bertz CT molecular complexity index is 438. The second-order valence-electron chi connectivity index (χ2n) is 2.76. The minimum absolute atomic E-state index is 0.405. The summed E-state index contributed by atoms with van der Waals surface area (Å²) in [6.45, 7) is 0. The average Bonchev–Trinajstić information content (AvgIpc) is 2.81. The summed E-state index contributed by atoms with van der Waals surface area (Å²) in [6, 6.07) is 12.1. The van der Waals surface area contributed by atoms with Gasteiger partial charge < -0.3 is 4.74 Å². The molecule has 1 heterocycles. The number of benzene rings is 1. The van der Waals surface area contributed by atoms with E-state index in [1.165, 1.54) is 11.3 Å². The van der Waals surface area contributed by atoms with E-state index < -0.39 is 6.16 Å². The van der Waals surface area contributed by atoms with E-state index in [1.807, 2.05) is 6.07 Å². The van der Waals surface area contributed by atoms with Crippen molar-refractivity contribution in [2.24, 2.45) is 0 Å². The van der Waals surface area contributed by atoms with Crippen LogP contribution in [0.15, 0.2) is 47.8 Å². The largest absolute Gasteiger partial charge is 0.555 e. The van der Waals surface area contributed by atoms with E-state index in [0.717, 1.165) is 0 Å². The third-order valence-corrected chi connectivity index (χ3v) is 2.36. The van der Waals surface area contributed by atoms with Crippen LogP contribution >= 0.6 is 11.3 Å². The number of rotatable bonds is 3. The first-order valence-corrected chi connectivity index (χ1v) is 5.37. The number of carbonyl (C=O) groups is 1. The van der Waals surface area contributed by atoms with Crippen LogP contribution in [0.4, 0.5) is 4.79 Å². The average molecular weight is 236 g/mol. The summed E-state index contributed by atoms with van der Waals surface area (Å²) in [5, 5.41) is 2.30. The number of para-hydroxylation sites is 1. The Morgan fingerprint density at radius 2 is 1.88 bits per heavy atom. The lowest BCUT2D eigenvalue weighted by Crippen LogP contribution is -2.12. The monoisotopic (exact) mass is 236 g/mol. The predicted molar refractivity (Wildman–Crippen MR) is 58.5 cm³/mol. The summed E-state index contributed by atoms with van der Waals surface area (Å²) in [6.07, 6.45) is -0.903. The lowest BCUT2D eigenvalue weighted by atomic mass is 10.3. The van der Waals surface area contributed by atoms with Gasteiger partial charge in [-0.15, -0.1) is 11.3 Å². The molecule has 0 aliphatic rings. The number of hydrogen-bond donors (Lipinski definition) is 0. The van der Waals surface area contributed by atoms with Crippen LogP contribution in [0.3, 0.4) is 0 Å². The first kappa shape index (κ1) is 10.5. The highest BCUT2D eigenvalue weighted by atomic mass is 32.1. The van der Waals surface area contributed by atoms with Crippen molar-refractivity contribution in [2.45, 2.75) is 0 Å². The van der Waals surface area contributed by atoms with Crippen molar-refractivity contribution < 1.29 is 19.3 Å². The molecule has 5 heteroatoms. The third kappa shape index (κ3) is 2.99. The molecule has 0 aliphatic heterocycles. The first-order valence-electron chi connectivity index (χ1n) is 4.49. The van der Waals surface area contributed by atoms with Gasteiger partial charge in [0, 0.05) is 0 Å². The molecular weight excluding hydrogens is 228 g/mol. The minimum atomic E-state index is -0.903. The van der Waals surface area contributed by atoms with Crippen molar-refractivity contribution in [2.75, 3.05) is 0 Å². The second kappa shape index (κ2) is 5.18. The maximum absolute atomic E-state index is 11.1. The van der Waals surface area contributed by atoms with Gasteiger partial charge in [0.15, 0.2) is 0 Å². The number of thiophene rings is 1. The molecule has 4 nitrogen and oxygen atoms in total. The molecule has 0 saturated heterocycles. The molecule has 2 aromatic rings. The lowest BCUT2D eigenvalue weighted by Gasteiger charge is -2.02. The molecular formula is C11H8O4S. The van der Waals surface area contributed by atoms with Crippen molar-refractivity contribution in [3.8, 4) is 10.8 Å². The van der Waals surface area contributed by atoms with Gasteiger partial charge in [0.1, 0.15) is 5.75 Å². The molecule has 0 spiro atoms. The van der Waals surface area contributed by atoms with Crippen LogP contribution in [0.25, 0.3) is 0 Å². The fourth-order valence-corrected chi connectivity index (χ4v) is 1.51. The van der Waals surface area contributed by atoms with Crippen LogP contribution < -0.4 is 9.62 Å². The van der Waals surface area contributed by atoms with Gasteiger partial charge in [-0.2, -0.15) is 4.79 Å². The smallest absolute Gasteiger partial charge is 0.393 e. The normalized spacial score (nSPS) is 9.50. The van der Waals surface area contributed by atoms with Gasteiger partial charge in [0.2, 0.25) is 5.06 Å². The van der Waals surface area contributed by atoms with Crippen LogP contribution in [-0.4, -0.2) is 6.16 Å². The van der Waals surface area contributed by atoms with Gasteiger partial charge in [-0.1, -0.05) is 18.2 Å². The molecule has 82 valence electrons. The van der Waals surface area contributed by atoms with Gasteiger partial charge in [0.25, 0.3) is 0 Å². The van der Waals surface area contributed by atoms with Gasteiger partial charge in [-0.3, -0.25) is 4.89 Å². The zero-order valence-corrected chi connectivity index (χ0v) is 8.98. The van der Waals surface area contributed by atoms with E-state index in [4.69, 9.17) is 9.62 Å². The van der Waals surface area contributed by atoms with E-state index >= 15 is 0 Å². The number of ether oxygens (including phenoxy) is 1. The van der Waals surface area contributed by atoms with Crippen molar-refractivity contribution in [1.82, 2.24) is 0 Å². The molecule has 1 aromatic heterocycles. The van der Waals surface area contributed by atoms with E-state index in [-0.39, 0.29) is 0 Å². The summed E-state index contributed by atoms with van der Waals surface area (Å²) in [7, 11) is 0. The molecule has 0 atom stereocenters.